The SMILES string of the molecule is CN=C(NCC1(c2ccc(OC)cc2)CCOCC1)NC1CC1C.I. The number of ether oxygens (including phenoxy) is 2. The van der Waals surface area contributed by atoms with Gasteiger partial charge >= 0.3 is 0 Å². The number of hydrogen-bond donors (Lipinski definition) is 2. The standard InChI is InChI=1S/C19H29N3O2.HI/c1-14-12-17(14)22-18(20-2)21-13-19(8-10-24-11-9-19)15-4-6-16(23-3)7-5-15;/h4-7,14,17H,8-13H2,1-3H3,(H2,20,21,22);1H. The fraction of sp³-hybridized carbons (Fsp3) is 0.632. The van der Waals surface area contributed by atoms with Crippen LogP contribution in [0.4, 0.5) is 0 Å². The molecule has 1 aromatic rings. The average molecular weight is 459 g/mol. The number of methoxy groups -OCH3 is 1. The smallest absolute Gasteiger partial charge is 0.191 e. The van der Waals surface area contributed by atoms with E-state index in [1.54, 1.807) is 7.11 Å². The first-order valence-corrected chi connectivity index (χ1v) is 8.86. The zero-order valence-corrected chi connectivity index (χ0v) is 17.7. The lowest BCUT2D eigenvalue weighted by Crippen LogP contribution is -2.48. The van der Waals surface area contributed by atoms with Crippen LogP contribution in [-0.2, 0) is 10.2 Å². The third-order valence-electron chi connectivity index (χ3n) is 5.40. The molecule has 0 spiro atoms. The molecule has 1 aliphatic carbocycles. The molecular weight excluding hydrogens is 429 g/mol. The molecule has 2 unspecified atom stereocenters. The Morgan fingerprint density at radius 2 is 1.92 bits per heavy atom. The topological polar surface area (TPSA) is 54.9 Å². The predicted molar refractivity (Wildman–Crippen MR) is 112 cm³/mol. The van der Waals surface area contributed by atoms with E-state index in [4.69, 9.17) is 9.47 Å². The average Bonchev–Trinajstić information content (AvgIpc) is 3.34. The van der Waals surface area contributed by atoms with E-state index >= 15 is 0 Å². The fourth-order valence-corrected chi connectivity index (χ4v) is 3.42. The van der Waals surface area contributed by atoms with Gasteiger partial charge in [0, 0.05) is 38.3 Å². The van der Waals surface area contributed by atoms with Crippen LogP contribution < -0.4 is 15.4 Å². The van der Waals surface area contributed by atoms with Crippen LogP contribution in [0.3, 0.4) is 0 Å². The van der Waals surface area contributed by atoms with Crippen molar-refractivity contribution in [1.29, 1.82) is 0 Å². The first kappa shape index (κ1) is 20.3. The van der Waals surface area contributed by atoms with E-state index in [1.807, 2.05) is 19.2 Å². The summed E-state index contributed by atoms with van der Waals surface area (Å²) in [6.45, 7) is 4.74. The van der Waals surface area contributed by atoms with Crippen molar-refractivity contribution < 1.29 is 9.47 Å². The van der Waals surface area contributed by atoms with Crippen LogP contribution in [0.1, 0.15) is 31.7 Å². The quantitative estimate of drug-likeness (QED) is 0.404. The lowest BCUT2D eigenvalue weighted by molar-refractivity contribution is 0.0513. The summed E-state index contributed by atoms with van der Waals surface area (Å²) in [5, 5.41) is 7.06. The highest BCUT2D eigenvalue weighted by Gasteiger charge is 2.36. The molecule has 2 atom stereocenters. The van der Waals surface area contributed by atoms with Gasteiger partial charge in [0.15, 0.2) is 5.96 Å². The molecule has 25 heavy (non-hydrogen) atoms. The van der Waals surface area contributed by atoms with Gasteiger partial charge in [0.1, 0.15) is 5.75 Å². The van der Waals surface area contributed by atoms with Gasteiger partial charge in [-0.25, -0.2) is 0 Å². The van der Waals surface area contributed by atoms with Gasteiger partial charge in [0.25, 0.3) is 0 Å². The van der Waals surface area contributed by atoms with Crippen LogP contribution in [-0.4, -0.2) is 45.9 Å². The van der Waals surface area contributed by atoms with Gasteiger partial charge in [-0.2, -0.15) is 0 Å². The first-order chi connectivity index (χ1) is 11.7. The second-order valence-electron chi connectivity index (χ2n) is 7.01. The van der Waals surface area contributed by atoms with Gasteiger partial charge in [0.2, 0.25) is 0 Å². The fourth-order valence-electron chi connectivity index (χ4n) is 3.42. The lowest BCUT2D eigenvalue weighted by atomic mass is 9.74. The van der Waals surface area contributed by atoms with Gasteiger partial charge in [-0.05, 0) is 42.9 Å². The summed E-state index contributed by atoms with van der Waals surface area (Å²) in [6, 6.07) is 9.04. The monoisotopic (exact) mass is 459 g/mol. The number of rotatable bonds is 5. The van der Waals surface area contributed by atoms with Crippen LogP contribution in [0.5, 0.6) is 5.75 Å². The number of nitrogens with one attached hydrogen (secondary N) is 2. The highest BCUT2D eigenvalue weighted by atomic mass is 127. The normalized spacial score (nSPS) is 24.8. The predicted octanol–water partition coefficient (Wildman–Crippen LogP) is 2.93. The van der Waals surface area contributed by atoms with Crippen molar-refractivity contribution >= 4 is 29.9 Å². The molecular formula is C19H30IN3O2. The van der Waals surface area contributed by atoms with Crippen LogP contribution in [0.15, 0.2) is 29.3 Å². The van der Waals surface area contributed by atoms with E-state index in [0.29, 0.717) is 6.04 Å². The third-order valence-corrected chi connectivity index (χ3v) is 5.40. The van der Waals surface area contributed by atoms with Gasteiger partial charge in [-0.1, -0.05) is 19.1 Å². The van der Waals surface area contributed by atoms with E-state index in [2.05, 4.69) is 34.7 Å². The Morgan fingerprint density at radius 1 is 1.28 bits per heavy atom. The highest BCUT2D eigenvalue weighted by Crippen LogP contribution is 2.35. The van der Waals surface area contributed by atoms with Crippen molar-refractivity contribution in [1.82, 2.24) is 10.6 Å². The Labute approximate surface area is 168 Å². The summed E-state index contributed by atoms with van der Waals surface area (Å²) >= 11 is 0. The van der Waals surface area contributed by atoms with E-state index in [1.165, 1.54) is 12.0 Å². The van der Waals surface area contributed by atoms with Crippen LogP contribution in [0.2, 0.25) is 0 Å². The Hall–Kier alpha value is -1.02. The number of aliphatic imine (C=N–C) groups is 1. The largest absolute Gasteiger partial charge is 0.497 e. The van der Waals surface area contributed by atoms with Crippen molar-refractivity contribution in [3.05, 3.63) is 29.8 Å². The Bertz CT molecular complexity index is 571. The minimum atomic E-state index is 0. The summed E-state index contributed by atoms with van der Waals surface area (Å²) in [6.07, 6.45) is 3.27. The number of hydrogen-bond acceptors (Lipinski definition) is 3. The van der Waals surface area contributed by atoms with Crippen molar-refractivity contribution in [3.8, 4) is 5.75 Å². The second kappa shape index (κ2) is 9.07. The summed E-state index contributed by atoms with van der Waals surface area (Å²) in [7, 11) is 3.54. The molecule has 1 saturated heterocycles. The molecule has 2 fully saturated rings. The highest BCUT2D eigenvalue weighted by molar-refractivity contribution is 14.0. The first-order valence-electron chi connectivity index (χ1n) is 8.86. The molecule has 1 aromatic carbocycles. The molecule has 140 valence electrons. The van der Waals surface area contributed by atoms with Gasteiger partial charge in [0.05, 0.1) is 7.11 Å². The molecule has 0 aromatic heterocycles. The Kier molecular flexibility index (Phi) is 7.37. The molecule has 5 nitrogen and oxygen atoms in total. The van der Waals surface area contributed by atoms with Crippen LogP contribution >= 0.6 is 24.0 Å². The maximum absolute atomic E-state index is 5.61. The molecule has 0 amide bonds. The molecule has 2 N–H and O–H groups in total. The maximum atomic E-state index is 5.61. The maximum Gasteiger partial charge on any atom is 0.191 e. The zero-order valence-electron chi connectivity index (χ0n) is 15.4. The number of benzene rings is 1. The van der Waals surface area contributed by atoms with E-state index < -0.39 is 0 Å². The molecule has 0 radical (unpaired) electrons. The second-order valence-corrected chi connectivity index (χ2v) is 7.01. The zero-order chi connectivity index (χ0) is 17.0. The molecule has 2 aliphatic rings. The molecule has 1 heterocycles. The molecule has 6 heteroatoms. The molecule has 3 rings (SSSR count). The van der Waals surface area contributed by atoms with Gasteiger partial charge in [-0.15, -0.1) is 24.0 Å². The van der Waals surface area contributed by atoms with E-state index in [9.17, 15) is 0 Å². The van der Waals surface area contributed by atoms with Crippen LogP contribution in [0.25, 0.3) is 0 Å². The van der Waals surface area contributed by atoms with Gasteiger partial charge < -0.3 is 20.1 Å². The van der Waals surface area contributed by atoms with E-state index in [0.717, 1.165) is 50.2 Å². The molecule has 1 aliphatic heterocycles. The van der Waals surface area contributed by atoms with Gasteiger partial charge in [-0.3, -0.25) is 4.99 Å². The number of nitrogens with zero attached hydrogens (tertiary/aromatic N) is 1. The van der Waals surface area contributed by atoms with Crippen molar-refractivity contribution in [3.63, 3.8) is 0 Å². The van der Waals surface area contributed by atoms with Crippen molar-refractivity contribution in [2.24, 2.45) is 10.9 Å². The number of guanidine groups is 1. The van der Waals surface area contributed by atoms with Crippen LogP contribution in [0, 0.1) is 5.92 Å². The summed E-state index contributed by atoms with van der Waals surface area (Å²) in [4.78, 5) is 4.38. The van der Waals surface area contributed by atoms with Crippen molar-refractivity contribution in [2.45, 2.75) is 37.6 Å². The third kappa shape index (κ3) is 5.00. The Morgan fingerprint density at radius 3 is 2.44 bits per heavy atom. The van der Waals surface area contributed by atoms with Crippen molar-refractivity contribution in [2.75, 3.05) is 33.9 Å². The minimum Gasteiger partial charge on any atom is -0.497 e. The summed E-state index contributed by atoms with van der Waals surface area (Å²) in [5.74, 6) is 2.56. The Balaban J connectivity index is 0.00000225. The summed E-state index contributed by atoms with van der Waals surface area (Å²) < 4.78 is 10.9. The number of halogens is 1. The minimum absolute atomic E-state index is 0. The molecule has 0 bridgehead atoms. The van der Waals surface area contributed by atoms with E-state index in [-0.39, 0.29) is 29.4 Å². The molecule has 1 saturated carbocycles. The summed E-state index contributed by atoms with van der Waals surface area (Å²) in [5.41, 5.74) is 1.42. The lowest BCUT2D eigenvalue weighted by Gasteiger charge is -2.38.